The van der Waals surface area contributed by atoms with Crippen LogP contribution in [0.4, 0.5) is 0 Å². The van der Waals surface area contributed by atoms with Gasteiger partial charge in [0.05, 0.1) is 16.4 Å². The summed E-state index contributed by atoms with van der Waals surface area (Å²) in [5, 5.41) is 7.46. The normalized spacial score (nSPS) is 17.7. The fourth-order valence-electron chi connectivity index (χ4n) is 10.4. The van der Waals surface area contributed by atoms with E-state index in [2.05, 4.69) is 174 Å². The third kappa shape index (κ3) is 4.47. The molecule has 0 amide bonds. The summed E-state index contributed by atoms with van der Waals surface area (Å²) >= 11 is 1.77. The number of hydrogen-bond donors (Lipinski definition) is 0. The van der Waals surface area contributed by atoms with E-state index in [4.69, 9.17) is 4.74 Å². The molecule has 2 aliphatic rings. The molecule has 0 N–H and O–H groups in total. The zero-order valence-electron chi connectivity index (χ0n) is 32.2. The predicted molar refractivity (Wildman–Crippen MR) is 250 cm³/mol. The number of para-hydroxylation sites is 3. The van der Waals surface area contributed by atoms with E-state index in [1.807, 2.05) is 36.4 Å². The van der Waals surface area contributed by atoms with Crippen molar-refractivity contribution >= 4 is 76.4 Å². The molecular weight excluding hydrogens is 770 g/mol. The van der Waals surface area contributed by atoms with Crippen LogP contribution in [0.2, 0.25) is 0 Å². The Bertz CT molecular complexity index is 3590. The first-order valence-electron chi connectivity index (χ1n) is 20.4. The van der Waals surface area contributed by atoms with E-state index in [1.165, 1.54) is 37.3 Å². The molecule has 4 heterocycles. The van der Waals surface area contributed by atoms with Gasteiger partial charge in [0.2, 0.25) is 0 Å². The summed E-state index contributed by atoms with van der Waals surface area (Å²) in [6.07, 6.45) is 0. The number of aromatic nitrogens is 1. The Labute approximate surface area is 350 Å². The maximum atomic E-state index is 16.5. The Hall–Kier alpha value is -6.97. The molecule has 11 aromatic rings. The highest BCUT2D eigenvalue weighted by atomic mass is 32.1. The SMILES string of the molecule is O=P1(c2ccccc2)c2ccccc2C2(c3ccccc3Oc3cc(-c4cccc(-n5c6ccccc6c6ccccc65)c4)ccc32)c2cc3c(cc21)sc1ccccc13. The van der Waals surface area contributed by atoms with Gasteiger partial charge in [0.1, 0.15) is 11.5 Å². The molecule has 2 aromatic heterocycles. The van der Waals surface area contributed by atoms with E-state index in [1.54, 1.807) is 11.3 Å². The van der Waals surface area contributed by atoms with Gasteiger partial charge in [0.15, 0.2) is 7.14 Å². The smallest absolute Gasteiger partial charge is 0.171 e. The molecule has 13 rings (SSSR count). The lowest BCUT2D eigenvalue weighted by atomic mass is 9.63. The van der Waals surface area contributed by atoms with Crippen molar-refractivity contribution < 1.29 is 9.30 Å². The van der Waals surface area contributed by atoms with Crippen LogP contribution in [-0.4, -0.2) is 4.57 Å². The minimum Gasteiger partial charge on any atom is -0.457 e. The Balaban J connectivity index is 1.09. The minimum absolute atomic E-state index is 0.793. The van der Waals surface area contributed by atoms with Gasteiger partial charge in [-0.15, -0.1) is 11.3 Å². The van der Waals surface area contributed by atoms with Gasteiger partial charge in [-0.25, -0.2) is 0 Å². The van der Waals surface area contributed by atoms with Crippen molar-refractivity contribution in [1.82, 2.24) is 4.57 Å². The second-order valence-electron chi connectivity index (χ2n) is 15.9. The summed E-state index contributed by atoms with van der Waals surface area (Å²) < 4.78 is 28.2. The number of thiophene rings is 1. The Morgan fingerprint density at radius 3 is 1.90 bits per heavy atom. The zero-order valence-corrected chi connectivity index (χ0v) is 34.0. The minimum atomic E-state index is -3.37. The van der Waals surface area contributed by atoms with Crippen LogP contribution in [0.1, 0.15) is 22.3 Å². The van der Waals surface area contributed by atoms with Crippen molar-refractivity contribution in [2.24, 2.45) is 0 Å². The monoisotopic (exact) mass is 803 g/mol. The maximum Gasteiger partial charge on any atom is 0.171 e. The molecule has 3 nitrogen and oxygen atoms in total. The standard InChI is InChI=1S/C55H34NO2PS/c57-59(38-17-2-1-3-18-38)51-27-12-8-23-45(51)55(46-33-42-41-21-6-13-28-53(41)60-54(42)34-52(46)59)43-22-7-11-26-49(43)58-50-32-36(29-30-44(50)55)35-15-14-16-37(31-35)56-47-24-9-4-19-39(47)40-20-5-10-25-48(40)56/h1-34H. The van der Waals surface area contributed by atoms with E-state index < -0.39 is 12.6 Å². The second kappa shape index (κ2) is 12.5. The van der Waals surface area contributed by atoms with E-state index in [-0.39, 0.29) is 0 Å². The summed E-state index contributed by atoms with van der Waals surface area (Å²) in [5.74, 6) is 1.59. The Kier molecular flexibility index (Phi) is 7.08. The third-order valence-corrected chi connectivity index (χ3v) is 17.2. The lowest BCUT2D eigenvalue weighted by molar-refractivity contribution is 0.435. The summed E-state index contributed by atoms with van der Waals surface area (Å²) in [6, 6.07) is 73.1. The van der Waals surface area contributed by atoms with Gasteiger partial charge in [-0.1, -0.05) is 152 Å². The highest BCUT2D eigenvalue weighted by Gasteiger charge is 2.54. The predicted octanol–water partition coefficient (Wildman–Crippen LogP) is 13.3. The topological polar surface area (TPSA) is 31.2 Å². The van der Waals surface area contributed by atoms with Crippen LogP contribution < -0.4 is 20.7 Å². The molecular formula is C55H34NO2PS. The van der Waals surface area contributed by atoms with Crippen molar-refractivity contribution in [3.63, 3.8) is 0 Å². The molecule has 1 spiro atoms. The van der Waals surface area contributed by atoms with Gasteiger partial charge in [-0.05, 0) is 76.9 Å². The Morgan fingerprint density at radius 2 is 1.08 bits per heavy atom. The van der Waals surface area contributed by atoms with E-state index in [9.17, 15) is 0 Å². The molecule has 282 valence electrons. The van der Waals surface area contributed by atoms with Crippen LogP contribution in [0.25, 0.3) is 58.8 Å². The van der Waals surface area contributed by atoms with Gasteiger partial charge in [0.25, 0.3) is 0 Å². The van der Waals surface area contributed by atoms with E-state index >= 15 is 4.57 Å². The highest BCUT2D eigenvalue weighted by Crippen LogP contribution is 2.62. The summed E-state index contributed by atoms with van der Waals surface area (Å²) in [4.78, 5) is 0. The van der Waals surface area contributed by atoms with Crippen LogP contribution >= 0.6 is 18.5 Å². The molecule has 2 unspecified atom stereocenters. The van der Waals surface area contributed by atoms with Crippen molar-refractivity contribution in [3.05, 3.63) is 229 Å². The number of benzene rings is 9. The van der Waals surface area contributed by atoms with Gasteiger partial charge in [-0.3, -0.25) is 0 Å². The largest absolute Gasteiger partial charge is 0.457 e. The first kappa shape index (κ1) is 33.9. The molecule has 0 saturated carbocycles. The fourth-order valence-corrected chi connectivity index (χ4v) is 14.8. The molecule has 0 saturated heterocycles. The quantitative estimate of drug-likeness (QED) is 0.167. The van der Waals surface area contributed by atoms with E-state index in [0.29, 0.717) is 0 Å². The lowest BCUT2D eigenvalue weighted by Crippen LogP contribution is -2.47. The van der Waals surface area contributed by atoms with Gasteiger partial charge >= 0.3 is 0 Å². The Morgan fingerprint density at radius 1 is 0.433 bits per heavy atom. The molecule has 5 heteroatoms. The lowest BCUT2D eigenvalue weighted by Gasteiger charge is -2.47. The molecule has 0 bridgehead atoms. The molecule has 2 atom stereocenters. The number of hydrogen-bond acceptors (Lipinski definition) is 3. The average molecular weight is 804 g/mol. The van der Waals surface area contributed by atoms with Crippen molar-refractivity contribution in [3.8, 4) is 28.3 Å². The van der Waals surface area contributed by atoms with Crippen molar-refractivity contribution in [2.75, 3.05) is 0 Å². The van der Waals surface area contributed by atoms with Crippen molar-refractivity contribution in [2.45, 2.75) is 5.41 Å². The van der Waals surface area contributed by atoms with Crippen molar-refractivity contribution in [1.29, 1.82) is 0 Å². The van der Waals surface area contributed by atoms with Gasteiger partial charge < -0.3 is 13.9 Å². The molecule has 60 heavy (non-hydrogen) atoms. The first-order chi connectivity index (χ1) is 29.6. The number of nitrogens with zero attached hydrogens (tertiary/aromatic N) is 1. The van der Waals surface area contributed by atoms with Crippen LogP contribution in [0, 0.1) is 0 Å². The summed E-state index contributed by atoms with van der Waals surface area (Å²) in [6.45, 7) is 0. The molecule has 9 aromatic carbocycles. The number of ether oxygens (including phenoxy) is 1. The first-order valence-corrected chi connectivity index (χ1v) is 22.9. The van der Waals surface area contributed by atoms with Crippen LogP contribution in [0.3, 0.4) is 0 Å². The maximum absolute atomic E-state index is 16.5. The van der Waals surface area contributed by atoms with Crippen LogP contribution in [0.15, 0.2) is 206 Å². The average Bonchev–Trinajstić information content (AvgIpc) is 3.85. The fraction of sp³-hybridized carbons (Fsp3) is 0.0182. The molecule has 2 aliphatic heterocycles. The van der Waals surface area contributed by atoms with Gasteiger partial charge in [0, 0.05) is 63.7 Å². The molecule has 0 radical (unpaired) electrons. The molecule has 0 fully saturated rings. The third-order valence-electron chi connectivity index (χ3n) is 12.9. The number of rotatable bonds is 3. The van der Waals surface area contributed by atoms with Crippen LogP contribution in [-0.2, 0) is 9.98 Å². The van der Waals surface area contributed by atoms with Gasteiger partial charge in [-0.2, -0.15) is 0 Å². The van der Waals surface area contributed by atoms with E-state index in [0.717, 1.165) is 71.2 Å². The highest BCUT2D eigenvalue weighted by molar-refractivity contribution is 7.85. The summed E-state index contributed by atoms with van der Waals surface area (Å²) in [5.41, 5.74) is 8.95. The van der Waals surface area contributed by atoms with Crippen LogP contribution in [0.5, 0.6) is 11.5 Å². The molecule has 0 aliphatic carbocycles. The number of fused-ring (bicyclic) bond motifs is 14. The second-order valence-corrected chi connectivity index (χ2v) is 19.7. The zero-order chi connectivity index (χ0) is 39.6. The summed E-state index contributed by atoms with van der Waals surface area (Å²) in [7, 11) is -3.37.